The lowest BCUT2D eigenvalue weighted by molar-refractivity contribution is -0.141. The molecule has 1 fully saturated rings. The summed E-state index contributed by atoms with van der Waals surface area (Å²) < 4.78 is 58.7. The zero-order valence-corrected chi connectivity index (χ0v) is 18.0. The minimum atomic E-state index is -4.69. The van der Waals surface area contributed by atoms with Gasteiger partial charge in [0.2, 0.25) is 0 Å². The summed E-state index contributed by atoms with van der Waals surface area (Å²) >= 11 is 0. The molecule has 0 saturated carbocycles. The number of aromatic nitrogens is 2. The quantitative estimate of drug-likeness (QED) is 0.694. The number of hydrogen-bond donors (Lipinski definition) is 1. The Balaban J connectivity index is 1.71. The lowest BCUT2D eigenvalue weighted by atomic mass is 10.2. The van der Waals surface area contributed by atoms with Gasteiger partial charge in [-0.3, -0.25) is 0 Å². The Kier molecular flexibility index (Phi) is 6.75. The summed E-state index contributed by atoms with van der Waals surface area (Å²) in [6, 6.07) is 6.74. The molecule has 0 radical (unpaired) electrons. The summed E-state index contributed by atoms with van der Waals surface area (Å²) in [4.78, 5) is 15.5. The highest BCUT2D eigenvalue weighted by Gasteiger charge is 2.37. The number of benzene rings is 1. The van der Waals surface area contributed by atoms with Gasteiger partial charge in [0, 0.05) is 38.8 Å². The Labute approximate surface area is 183 Å². The van der Waals surface area contributed by atoms with E-state index in [4.69, 9.17) is 4.74 Å². The Bertz CT molecular complexity index is 937. The van der Waals surface area contributed by atoms with Crippen molar-refractivity contribution in [3.63, 3.8) is 0 Å². The van der Waals surface area contributed by atoms with Crippen LogP contribution in [-0.2, 0) is 17.5 Å². The van der Waals surface area contributed by atoms with Crippen molar-refractivity contribution in [2.45, 2.75) is 39.1 Å². The second kappa shape index (κ2) is 9.17. The van der Waals surface area contributed by atoms with E-state index in [1.807, 2.05) is 0 Å². The summed E-state index contributed by atoms with van der Waals surface area (Å²) in [6.07, 6.45) is -5.12. The minimum Gasteiger partial charge on any atom is -0.444 e. The molecule has 2 aromatic rings. The number of halogens is 4. The number of ether oxygens (including phenoxy) is 1. The molecular weight excluding hydrogens is 430 g/mol. The summed E-state index contributed by atoms with van der Waals surface area (Å²) in [5.74, 6) is -0.161. The zero-order valence-electron chi connectivity index (χ0n) is 18.0. The Morgan fingerprint density at radius 1 is 1.06 bits per heavy atom. The highest BCUT2D eigenvalue weighted by Crippen LogP contribution is 2.34. The summed E-state index contributed by atoms with van der Waals surface area (Å²) in [5, 5.41) is 9.90. The normalized spacial score (nSPS) is 15.0. The molecular formula is C21H25F4N5O2. The fourth-order valence-corrected chi connectivity index (χ4v) is 3.12. The summed E-state index contributed by atoms with van der Waals surface area (Å²) in [5.41, 5.74) is -1.35. The Hall–Kier alpha value is -3.11. The number of carbonyl (C=O) groups is 1. The number of hydrogen-bond acceptors (Lipinski definition) is 6. The molecule has 0 unspecified atom stereocenters. The van der Waals surface area contributed by atoms with Gasteiger partial charge in [-0.25, -0.2) is 9.18 Å². The van der Waals surface area contributed by atoms with Crippen LogP contribution in [0.3, 0.4) is 0 Å². The van der Waals surface area contributed by atoms with E-state index in [1.165, 1.54) is 30.3 Å². The largest absolute Gasteiger partial charge is 0.444 e. The van der Waals surface area contributed by atoms with Gasteiger partial charge in [0.25, 0.3) is 0 Å². The number of rotatable bonds is 4. The molecule has 1 saturated heterocycles. The van der Waals surface area contributed by atoms with E-state index in [0.29, 0.717) is 31.7 Å². The molecule has 1 aromatic carbocycles. The number of piperazine rings is 1. The van der Waals surface area contributed by atoms with Gasteiger partial charge >= 0.3 is 12.3 Å². The number of alkyl halides is 3. The second-order valence-corrected chi connectivity index (χ2v) is 8.40. The van der Waals surface area contributed by atoms with Crippen LogP contribution in [-0.4, -0.2) is 53.0 Å². The van der Waals surface area contributed by atoms with Crippen molar-refractivity contribution >= 4 is 17.6 Å². The molecule has 0 bridgehead atoms. The first-order valence-electron chi connectivity index (χ1n) is 10.1. The highest BCUT2D eigenvalue weighted by atomic mass is 19.4. The van der Waals surface area contributed by atoms with Gasteiger partial charge in [0.05, 0.1) is 5.69 Å². The van der Waals surface area contributed by atoms with Gasteiger partial charge in [-0.2, -0.15) is 13.2 Å². The highest BCUT2D eigenvalue weighted by molar-refractivity contribution is 5.68. The van der Waals surface area contributed by atoms with Gasteiger partial charge in [0.15, 0.2) is 11.5 Å². The molecule has 3 rings (SSSR count). The van der Waals surface area contributed by atoms with Gasteiger partial charge in [-0.05, 0) is 38.5 Å². The Morgan fingerprint density at radius 2 is 1.69 bits per heavy atom. The maximum absolute atomic E-state index is 13.4. The molecule has 0 atom stereocenters. The van der Waals surface area contributed by atoms with Crippen LogP contribution in [0.25, 0.3) is 0 Å². The molecule has 1 aliphatic heterocycles. The first-order chi connectivity index (χ1) is 14.9. The molecule has 7 nitrogen and oxygen atoms in total. The van der Waals surface area contributed by atoms with Gasteiger partial charge < -0.3 is 19.9 Å². The number of nitrogens with zero attached hydrogens (tertiary/aromatic N) is 4. The van der Waals surface area contributed by atoms with E-state index in [1.54, 1.807) is 30.6 Å². The lowest BCUT2D eigenvalue weighted by Crippen LogP contribution is -2.50. The standard InChI is InChI=1S/C21H25F4N5O2/c1-20(2,3)32-19(31)30-10-8-29(9-11-30)17-12-16(18(28-27-17)21(23,24)25)26-13-14-4-6-15(22)7-5-14/h4-7,12H,8-11,13H2,1-3H3,(H,26,27). The van der Waals surface area contributed by atoms with Crippen molar-refractivity contribution in [2.75, 3.05) is 36.4 Å². The Morgan fingerprint density at radius 3 is 2.25 bits per heavy atom. The molecule has 1 aliphatic rings. The van der Waals surface area contributed by atoms with Crippen molar-refractivity contribution in [1.29, 1.82) is 0 Å². The van der Waals surface area contributed by atoms with Crippen LogP contribution < -0.4 is 10.2 Å². The van der Waals surface area contributed by atoms with E-state index in [0.717, 1.165) is 0 Å². The predicted molar refractivity (Wildman–Crippen MR) is 111 cm³/mol. The van der Waals surface area contributed by atoms with Crippen molar-refractivity contribution in [2.24, 2.45) is 0 Å². The van der Waals surface area contributed by atoms with Gasteiger partial charge in [-0.15, -0.1) is 10.2 Å². The molecule has 32 heavy (non-hydrogen) atoms. The van der Waals surface area contributed by atoms with E-state index >= 15 is 0 Å². The lowest BCUT2D eigenvalue weighted by Gasteiger charge is -2.36. The minimum absolute atomic E-state index is 0.0565. The molecule has 11 heteroatoms. The van der Waals surface area contributed by atoms with Crippen LogP contribution in [0.5, 0.6) is 0 Å². The molecule has 0 spiro atoms. The maximum atomic E-state index is 13.4. The smallest absolute Gasteiger partial charge is 0.437 e. The van der Waals surface area contributed by atoms with E-state index in [2.05, 4.69) is 15.5 Å². The van der Waals surface area contributed by atoms with Crippen LogP contribution >= 0.6 is 0 Å². The number of nitrogens with one attached hydrogen (secondary N) is 1. The first kappa shape index (κ1) is 23.6. The topological polar surface area (TPSA) is 70.6 Å². The van der Waals surface area contributed by atoms with Gasteiger partial charge in [0.1, 0.15) is 11.4 Å². The maximum Gasteiger partial charge on any atom is 0.437 e. The van der Waals surface area contributed by atoms with Gasteiger partial charge in [-0.1, -0.05) is 12.1 Å². The van der Waals surface area contributed by atoms with Crippen LogP contribution in [0.2, 0.25) is 0 Å². The van der Waals surface area contributed by atoms with Crippen LogP contribution in [0, 0.1) is 5.82 Å². The summed E-state index contributed by atoms with van der Waals surface area (Å²) in [6.45, 7) is 6.82. The SMILES string of the molecule is CC(C)(C)OC(=O)N1CCN(c2cc(NCc3ccc(F)cc3)c(C(F)(F)F)nn2)CC1. The van der Waals surface area contributed by atoms with Crippen molar-refractivity contribution in [1.82, 2.24) is 15.1 Å². The van der Waals surface area contributed by atoms with Crippen molar-refractivity contribution < 1.29 is 27.1 Å². The van der Waals surface area contributed by atoms with E-state index < -0.39 is 29.4 Å². The molecule has 1 amide bonds. The first-order valence-corrected chi connectivity index (χ1v) is 10.1. The number of anilines is 2. The number of amides is 1. The van der Waals surface area contributed by atoms with Crippen LogP contribution in [0.4, 0.5) is 33.9 Å². The van der Waals surface area contributed by atoms with Crippen LogP contribution in [0.15, 0.2) is 30.3 Å². The molecule has 1 aromatic heterocycles. The van der Waals surface area contributed by atoms with Crippen LogP contribution in [0.1, 0.15) is 32.0 Å². The molecule has 1 N–H and O–H groups in total. The average molecular weight is 455 g/mol. The predicted octanol–water partition coefficient (Wildman–Crippen LogP) is 4.30. The average Bonchev–Trinajstić information content (AvgIpc) is 2.71. The zero-order chi connectivity index (χ0) is 23.5. The molecule has 174 valence electrons. The van der Waals surface area contributed by atoms with Crippen molar-refractivity contribution in [3.8, 4) is 0 Å². The fraction of sp³-hybridized carbons (Fsp3) is 0.476. The third-order valence-corrected chi connectivity index (χ3v) is 4.70. The van der Waals surface area contributed by atoms with Crippen molar-refractivity contribution in [3.05, 3.63) is 47.4 Å². The fourth-order valence-electron chi connectivity index (χ4n) is 3.12. The third kappa shape index (κ3) is 6.21. The molecule has 2 heterocycles. The third-order valence-electron chi connectivity index (χ3n) is 4.70. The monoisotopic (exact) mass is 455 g/mol. The second-order valence-electron chi connectivity index (χ2n) is 8.40. The summed E-state index contributed by atoms with van der Waals surface area (Å²) in [7, 11) is 0. The molecule has 0 aliphatic carbocycles. The van der Waals surface area contributed by atoms with E-state index in [-0.39, 0.29) is 18.1 Å². The number of carbonyl (C=O) groups excluding carboxylic acids is 1. The van der Waals surface area contributed by atoms with E-state index in [9.17, 15) is 22.4 Å².